The van der Waals surface area contributed by atoms with Crippen LogP contribution in [0, 0.1) is 11.8 Å². The van der Waals surface area contributed by atoms with Crippen molar-refractivity contribution >= 4 is 5.91 Å². The van der Waals surface area contributed by atoms with E-state index in [1.165, 1.54) is 5.48 Å². The van der Waals surface area contributed by atoms with Crippen LogP contribution in [-0.4, -0.2) is 22.3 Å². The molecule has 1 unspecified atom stereocenters. The van der Waals surface area contributed by atoms with Crippen LogP contribution < -0.4 is 5.48 Å². The second kappa shape index (κ2) is 5.11. The highest BCUT2D eigenvalue weighted by molar-refractivity contribution is 5.79. The monoisotopic (exact) mass is 175 g/mol. The predicted octanol–water partition coefficient (Wildman–Crippen LogP) is 0.535. The molecule has 0 saturated carbocycles. The maximum absolute atomic E-state index is 10.7. The number of carbonyl (C=O) groups excluding carboxylic acids is 1. The van der Waals surface area contributed by atoms with Gasteiger partial charge in [0.25, 0.3) is 5.91 Å². The minimum atomic E-state index is -1.11. The predicted molar refractivity (Wildman–Crippen MR) is 44.6 cm³/mol. The molecule has 0 radical (unpaired) electrons. The maximum atomic E-state index is 10.7. The molecule has 0 aromatic carbocycles. The van der Waals surface area contributed by atoms with E-state index in [1.54, 1.807) is 6.92 Å². The Labute approximate surface area is 72.5 Å². The van der Waals surface area contributed by atoms with E-state index < -0.39 is 12.0 Å². The first-order chi connectivity index (χ1) is 5.49. The quantitative estimate of drug-likeness (QED) is 0.431. The van der Waals surface area contributed by atoms with E-state index >= 15 is 0 Å². The molecular weight excluding hydrogens is 158 g/mol. The van der Waals surface area contributed by atoms with Crippen molar-refractivity contribution in [3.05, 3.63) is 0 Å². The van der Waals surface area contributed by atoms with Crippen LogP contribution in [0.1, 0.15) is 27.2 Å². The first kappa shape index (κ1) is 11.4. The summed E-state index contributed by atoms with van der Waals surface area (Å²) < 4.78 is 0. The molecular formula is C8H17NO3. The Morgan fingerprint density at radius 2 is 1.92 bits per heavy atom. The van der Waals surface area contributed by atoms with Gasteiger partial charge in [0, 0.05) is 0 Å². The van der Waals surface area contributed by atoms with Crippen molar-refractivity contribution in [1.29, 1.82) is 0 Å². The Kier molecular flexibility index (Phi) is 4.85. The van der Waals surface area contributed by atoms with E-state index in [2.05, 4.69) is 0 Å². The van der Waals surface area contributed by atoms with Gasteiger partial charge in [-0.1, -0.05) is 20.8 Å². The number of aliphatic hydroxyl groups excluding tert-OH is 1. The van der Waals surface area contributed by atoms with Gasteiger partial charge >= 0.3 is 0 Å². The average molecular weight is 175 g/mol. The third-order valence-electron chi connectivity index (χ3n) is 1.76. The lowest BCUT2D eigenvalue weighted by atomic mass is 9.94. The van der Waals surface area contributed by atoms with E-state index in [4.69, 9.17) is 5.21 Å². The summed E-state index contributed by atoms with van der Waals surface area (Å²) in [6.45, 7) is 5.81. The van der Waals surface area contributed by atoms with Gasteiger partial charge in [-0.2, -0.15) is 0 Å². The summed E-state index contributed by atoms with van der Waals surface area (Å²) in [7, 11) is 0. The Hall–Kier alpha value is -0.610. The molecule has 0 heterocycles. The molecule has 0 aliphatic carbocycles. The minimum Gasteiger partial charge on any atom is -0.383 e. The van der Waals surface area contributed by atoms with Gasteiger partial charge in [-0.3, -0.25) is 10.0 Å². The van der Waals surface area contributed by atoms with Crippen molar-refractivity contribution in [2.24, 2.45) is 11.8 Å². The molecule has 4 nitrogen and oxygen atoms in total. The van der Waals surface area contributed by atoms with Gasteiger partial charge in [0.15, 0.2) is 0 Å². The molecule has 72 valence electrons. The number of amides is 1. The van der Waals surface area contributed by atoms with Gasteiger partial charge in [-0.05, 0) is 18.3 Å². The second-order valence-electron chi connectivity index (χ2n) is 3.53. The minimum absolute atomic E-state index is 0.128. The van der Waals surface area contributed by atoms with E-state index in [0.29, 0.717) is 5.92 Å². The highest BCUT2D eigenvalue weighted by atomic mass is 16.5. The Balaban J connectivity index is 3.91. The van der Waals surface area contributed by atoms with Crippen molar-refractivity contribution in [2.75, 3.05) is 0 Å². The molecule has 2 atom stereocenters. The molecule has 1 amide bonds. The number of nitrogens with one attached hydrogen (secondary N) is 1. The van der Waals surface area contributed by atoms with E-state index in [0.717, 1.165) is 6.42 Å². The van der Waals surface area contributed by atoms with Crippen LogP contribution in [0.25, 0.3) is 0 Å². The fraction of sp³-hybridized carbons (Fsp3) is 0.875. The molecule has 0 aromatic rings. The van der Waals surface area contributed by atoms with Crippen LogP contribution in [-0.2, 0) is 4.79 Å². The van der Waals surface area contributed by atoms with Crippen LogP contribution in [0.5, 0.6) is 0 Å². The molecule has 0 aliphatic heterocycles. The highest BCUT2D eigenvalue weighted by Crippen LogP contribution is 2.14. The van der Waals surface area contributed by atoms with Crippen molar-refractivity contribution in [3.8, 4) is 0 Å². The first-order valence-electron chi connectivity index (χ1n) is 4.11. The lowest BCUT2D eigenvalue weighted by Gasteiger charge is -2.18. The molecule has 0 aromatic heterocycles. The van der Waals surface area contributed by atoms with Gasteiger partial charge in [-0.25, -0.2) is 5.48 Å². The molecule has 4 heteroatoms. The maximum Gasteiger partial charge on any atom is 0.272 e. The molecule has 0 bridgehead atoms. The molecule has 0 spiro atoms. The van der Waals surface area contributed by atoms with Crippen molar-refractivity contribution in [2.45, 2.75) is 33.3 Å². The number of carbonyl (C=O) groups is 1. The molecule has 0 fully saturated rings. The van der Waals surface area contributed by atoms with Gasteiger partial charge < -0.3 is 5.11 Å². The lowest BCUT2D eigenvalue weighted by molar-refractivity contribution is -0.140. The smallest absolute Gasteiger partial charge is 0.272 e. The summed E-state index contributed by atoms with van der Waals surface area (Å²) in [5.74, 6) is -0.429. The summed E-state index contributed by atoms with van der Waals surface area (Å²) in [5.41, 5.74) is 1.43. The van der Waals surface area contributed by atoms with Crippen molar-refractivity contribution in [3.63, 3.8) is 0 Å². The average Bonchev–Trinajstić information content (AvgIpc) is 2.00. The Bertz CT molecular complexity index is 147. The van der Waals surface area contributed by atoms with E-state index in [9.17, 15) is 9.90 Å². The summed E-state index contributed by atoms with van der Waals surface area (Å²) >= 11 is 0. The fourth-order valence-electron chi connectivity index (χ4n) is 1.20. The molecule has 12 heavy (non-hydrogen) atoms. The number of hydroxylamine groups is 1. The molecule has 3 N–H and O–H groups in total. The summed E-state index contributed by atoms with van der Waals surface area (Å²) in [5, 5.41) is 17.5. The van der Waals surface area contributed by atoms with Crippen LogP contribution in [0.2, 0.25) is 0 Å². The first-order valence-corrected chi connectivity index (χ1v) is 4.11. The van der Waals surface area contributed by atoms with Crippen LogP contribution in [0.4, 0.5) is 0 Å². The zero-order valence-corrected chi connectivity index (χ0v) is 7.74. The summed E-state index contributed by atoms with van der Waals surface area (Å²) in [6.07, 6.45) is -0.355. The van der Waals surface area contributed by atoms with E-state index in [1.807, 2.05) is 13.8 Å². The number of hydrogen-bond donors (Lipinski definition) is 3. The zero-order valence-electron chi connectivity index (χ0n) is 7.74. The van der Waals surface area contributed by atoms with Crippen LogP contribution in [0.15, 0.2) is 0 Å². The normalized spacial score (nSPS) is 15.8. The molecule has 0 rings (SSSR count). The number of aliphatic hydroxyl groups is 1. The third-order valence-corrected chi connectivity index (χ3v) is 1.76. The van der Waals surface area contributed by atoms with Gasteiger partial charge in [-0.15, -0.1) is 0 Å². The van der Waals surface area contributed by atoms with Crippen LogP contribution in [0.3, 0.4) is 0 Å². The van der Waals surface area contributed by atoms with Crippen LogP contribution >= 0.6 is 0 Å². The Morgan fingerprint density at radius 1 is 1.42 bits per heavy atom. The van der Waals surface area contributed by atoms with E-state index in [-0.39, 0.29) is 5.92 Å². The third kappa shape index (κ3) is 3.69. The second-order valence-corrected chi connectivity index (χ2v) is 3.53. The standard InChI is InChI=1S/C8H17NO3/c1-5(2)4-6(3)7(10)8(11)9-12/h5-7,10,12H,4H2,1-3H3,(H,9,11)/t6?,7-/m0/s1. The topological polar surface area (TPSA) is 69.6 Å². The summed E-state index contributed by atoms with van der Waals surface area (Å²) in [6, 6.07) is 0. The summed E-state index contributed by atoms with van der Waals surface area (Å²) in [4.78, 5) is 10.7. The highest BCUT2D eigenvalue weighted by Gasteiger charge is 2.22. The van der Waals surface area contributed by atoms with Gasteiger partial charge in [0.05, 0.1) is 0 Å². The van der Waals surface area contributed by atoms with Crippen molar-refractivity contribution < 1.29 is 15.1 Å². The van der Waals surface area contributed by atoms with Gasteiger partial charge in [0.2, 0.25) is 0 Å². The van der Waals surface area contributed by atoms with Crippen molar-refractivity contribution in [1.82, 2.24) is 5.48 Å². The Morgan fingerprint density at radius 3 is 2.25 bits per heavy atom. The van der Waals surface area contributed by atoms with Gasteiger partial charge in [0.1, 0.15) is 6.10 Å². The zero-order chi connectivity index (χ0) is 9.72. The number of hydrogen-bond acceptors (Lipinski definition) is 3. The molecule has 0 saturated heterocycles. The lowest BCUT2D eigenvalue weighted by Crippen LogP contribution is -2.37. The SMILES string of the molecule is CC(C)CC(C)[C@H](O)C(=O)NO. The number of rotatable bonds is 4. The largest absolute Gasteiger partial charge is 0.383 e. The fourth-order valence-corrected chi connectivity index (χ4v) is 1.20. The molecule has 0 aliphatic rings.